The molecule has 0 bridgehead atoms. The van der Waals surface area contributed by atoms with Gasteiger partial charge in [-0.25, -0.2) is 0 Å². The van der Waals surface area contributed by atoms with Crippen molar-refractivity contribution in [1.29, 1.82) is 5.41 Å². The first-order valence-electron chi connectivity index (χ1n) is 3.46. The average molecular weight is 176 g/mol. The molecular formula is C6H12N2O2S. The van der Waals surface area contributed by atoms with E-state index in [2.05, 4.69) is 0 Å². The monoisotopic (exact) mass is 176 g/mol. The highest BCUT2D eigenvalue weighted by Crippen LogP contribution is 2.08. The first kappa shape index (κ1) is 8.83. The van der Waals surface area contributed by atoms with E-state index in [0.717, 1.165) is 25.1 Å². The topological polar surface area (TPSA) is 45.5 Å². The first-order valence-corrected chi connectivity index (χ1v) is 4.20. The summed E-state index contributed by atoms with van der Waals surface area (Å²) in [6.07, 6.45) is 0. The SMILES string of the molecule is COSC(=N)N1CCOCC1. The summed E-state index contributed by atoms with van der Waals surface area (Å²) in [6, 6.07) is 0. The van der Waals surface area contributed by atoms with Crippen LogP contribution in [0.3, 0.4) is 0 Å². The Labute approximate surface area is 70.6 Å². The summed E-state index contributed by atoms with van der Waals surface area (Å²) >= 11 is 1.09. The molecule has 0 aromatic heterocycles. The van der Waals surface area contributed by atoms with Gasteiger partial charge in [-0.05, 0) is 0 Å². The van der Waals surface area contributed by atoms with E-state index in [-0.39, 0.29) is 0 Å². The van der Waals surface area contributed by atoms with Gasteiger partial charge in [0.05, 0.1) is 32.4 Å². The lowest BCUT2D eigenvalue weighted by molar-refractivity contribution is 0.0689. The number of nitrogens with one attached hydrogen (secondary N) is 1. The molecule has 0 spiro atoms. The lowest BCUT2D eigenvalue weighted by Crippen LogP contribution is -2.39. The fraction of sp³-hybridized carbons (Fsp3) is 0.833. The molecule has 11 heavy (non-hydrogen) atoms. The number of amidine groups is 1. The quantitative estimate of drug-likeness (QED) is 0.360. The van der Waals surface area contributed by atoms with Crippen molar-refractivity contribution in [2.45, 2.75) is 0 Å². The minimum Gasteiger partial charge on any atom is -0.378 e. The molecule has 0 aromatic carbocycles. The maximum Gasteiger partial charge on any atom is 0.184 e. The molecule has 0 aromatic rings. The van der Waals surface area contributed by atoms with Crippen molar-refractivity contribution >= 4 is 17.2 Å². The van der Waals surface area contributed by atoms with Crippen molar-refractivity contribution in [3.63, 3.8) is 0 Å². The molecule has 0 atom stereocenters. The number of morpholine rings is 1. The summed E-state index contributed by atoms with van der Waals surface area (Å²) in [5.74, 6) is 0. The van der Waals surface area contributed by atoms with Gasteiger partial charge in [-0.3, -0.25) is 5.41 Å². The Morgan fingerprint density at radius 1 is 1.55 bits per heavy atom. The molecule has 0 amide bonds. The molecule has 1 saturated heterocycles. The van der Waals surface area contributed by atoms with E-state index in [1.807, 2.05) is 4.90 Å². The summed E-state index contributed by atoms with van der Waals surface area (Å²) in [5, 5.41) is 7.96. The van der Waals surface area contributed by atoms with E-state index in [1.54, 1.807) is 7.11 Å². The van der Waals surface area contributed by atoms with Gasteiger partial charge in [0.25, 0.3) is 0 Å². The Morgan fingerprint density at radius 2 is 2.18 bits per heavy atom. The second-order valence-electron chi connectivity index (χ2n) is 2.15. The standard InChI is InChI=1S/C6H12N2O2S/c1-9-11-6(7)8-2-4-10-5-3-8/h7H,2-5H2,1H3. The summed E-state index contributed by atoms with van der Waals surface area (Å²) in [5.41, 5.74) is 0. The van der Waals surface area contributed by atoms with Gasteiger partial charge in [0.15, 0.2) is 5.17 Å². The highest BCUT2D eigenvalue weighted by molar-refractivity contribution is 8.09. The molecule has 1 N–H and O–H groups in total. The minimum absolute atomic E-state index is 0.468. The van der Waals surface area contributed by atoms with Crippen molar-refractivity contribution in [2.75, 3.05) is 33.4 Å². The largest absolute Gasteiger partial charge is 0.378 e. The molecule has 0 aliphatic carbocycles. The zero-order valence-electron chi connectivity index (χ0n) is 6.50. The van der Waals surface area contributed by atoms with Gasteiger partial charge in [-0.2, -0.15) is 0 Å². The highest BCUT2D eigenvalue weighted by Gasteiger charge is 2.13. The predicted octanol–water partition coefficient (Wildman–Crippen LogP) is 0.548. The second kappa shape index (κ2) is 4.58. The first-order chi connectivity index (χ1) is 5.34. The van der Waals surface area contributed by atoms with Crippen LogP contribution in [0.1, 0.15) is 0 Å². The molecule has 0 unspecified atom stereocenters. The van der Waals surface area contributed by atoms with Gasteiger partial charge in [-0.1, -0.05) is 0 Å². The van der Waals surface area contributed by atoms with Gasteiger partial charge in [0, 0.05) is 13.1 Å². The van der Waals surface area contributed by atoms with Crippen molar-refractivity contribution in [3.8, 4) is 0 Å². The van der Waals surface area contributed by atoms with Gasteiger partial charge in [0.2, 0.25) is 0 Å². The van der Waals surface area contributed by atoms with Crippen LogP contribution in [0.2, 0.25) is 0 Å². The molecule has 5 heteroatoms. The molecule has 0 saturated carbocycles. The molecule has 1 aliphatic heterocycles. The maximum absolute atomic E-state index is 7.49. The Morgan fingerprint density at radius 3 is 2.73 bits per heavy atom. The molecule has 1 aliphatic rings. The molecule has 1 heterocycles. The zero-order valence-corrected chi connectivity index (χ0v) is 7.32. The molecule has 4 nitrogen and oxygen atoms in total. The average Bonchev–Trinajstić information content (AvgIpc) is 2.07. The van der Waals surface area contributed by atoms with E-state index in [1.165, 1.54) is 0 Å². The van der Waals surface area contributed by atoms with E-state index in [9.17, 15) is 0 Å². The van der Waals surface area contributed by atoms with Crippen LogP contribution in [-0.2, 0) is 8.92 Å². The zero-order chi connectivity index (χ0) is 8.10. The summed E-state index contributed by atoms with van der Waals surface area (Å²) in [7, 11) is 1.57. The van der Waals surface area contributed by atoms with Crippen LogP contribution in [0.5, 0.6) is 0 Å². The highest BCUT2D eigenvalue weighted by atomic mass is 32.2. The number of rotatable bonds is 1. The molecule has 1 fully saturated rings. The third kappa shape index (κ3) is 2.69. The van der Waals surface area contributed by atoms with Crippen molar-refractivity contribution in [3.05, 3.63) is 0 Å². The fourth-order valence-corrected chi connectivity index (χ4v) is 1.34. The van der Waals surface area contributed by atoms with Crippen LogP contribution in [0.4, 0.5) is 0 Å². The Hall–Kier alpha value is -0.260. The second-order valence-corrected chi connectivity index (χ2v) is 3.04. The van der Waals surface area contributed by atoms with Gasteiger partial charge >= 0.3 is 0 Å². The van der Waals surface area contributed by atoms with E-state index in [4.69, 9.17) is 14.3 Å². The van der Waals surface area contributed by atoms with Crippen LogP contribution >= 0.6 is 12.0 Å². The Bertz CT molecular complexity index is 137. The molecular weight excluding hydrogens is 164 g/mol. The van der Waals surface area contributed by atoms with Crippen molar-refractivity contribution < 1.29 is 8.92 Å². The van der Waals surface area contributed by atoms with Gasteiger partial charge in [0.1, 0.15) is 0 Å². The van der Waals surface area contributed by atoms with E-state index in [0.29, 0.717) is 18.4 Å². The van der Waals surface area contributed by atoms with E-state index < -0.39 is 0 Å². The van der Waals surface area contributed by atoms with Crippen molar-refractivity contribution in [1.82, 2.24) is 4.90 Å². The third-order valence-electron chi connectivity index (χ3n) is 1.46. The number of hydrogen-bond acceptors (Lipinski definition) is 4. The van der Waals surface area contributed by atoms with Crippen molar-refractivity contribution in [2.24, 2.45) is 0 Å². The normalized spacial score (nSPS) is 18.5. The maximum atomic E-state index is 7.49. The minimum atomic E-state index is 0.468. The molecule has 64 valence electrons. The number of ether oxygens (including phenoxy) is 1. The number of hydrogen-bond donors (Lipinski definition) is 1. The van der Waals surface area contributed by atoms with Crippen LogP contribution in [0.15, 0.2) is 0 Å². The Balaban J connectivity index is 2.27. The van der Waals surface area contributed by atoms with Crippen LogP contribution in [0, 0.1) is 5.41 Å². The summed E-state index contributed by atoms with van der Waals surface area (Å²) in [6.45, 7) is 3.03. The number of nitrogens with zero attached hydrogens (tertiary/aromatic N) is 1. The van der Waals surface area contributed by atoms with E-state index >= 15 is 0 Å². The predicted molar refractivity (Wildman–Crippen MR) is 44.7 cm³/mol. The third-order valence-corrected chi connectivity index (χ3v) is 2.04. The summed E-state index contributed by atoms with van der Waals surface area (Å²) < 4.78 is 9.91. The van der Waals surface area contributed by atoms with Crippen LogP contribution < -0.4 is 0 Å². The fourth-order valence-electron chi connectivity index (χ4n) is 0.898. The van der Waals surface area contributed by atoms with Gasteiger partial charge < -0.3 is 13.8 Å². The Kier molecular flexibility index (Phi) is 3.68. The van der Waals surface area contributed by atoms with Crippen LogP contribution in [0.25, 0.3) is 0 Å². The molecule has 1 rings (SSSR count). The lowest BCUT2D eigenvalue weighted by Gasteiger charge is -2.27. The molecule has 0 radical (unpaired) electrons. The van der Waals surface area contributed by atoms with Gasteiger partial charge in [-0.15, -0.1) is 0 Å². The smallest absolute Gasteiger partial charge is 0.184 e. The van der Waals surface area contributed by atoms with Crippen LogP contribution in [-0.4, -0.2) is 43.5 Å². The summed E-state index contributed by atoms with van der Waals surface area (Å²) in [4.78, 5) is 1.94. The lowest BCUT2D eigenvalue weighted by atomic mass is 10.5.